The van der Waals surface area contributed by atoms with Crippen LogP contribution in [-0.4, -0.2) is 52.3 Å². The van der Waals surface area contributed by atoms with Crippen molar-refractivity contribution in [2.45, 2.75) is 98.4 Å². The van der Waals surface area contributed by atoms with Gasteiger partial charge in [0, 0.05) is 25.1 Å². The van der Waals surface area contributed by atoms with Crippen molar-refractivity contribution in [3.63, 3.8) is 0 Å². The fourth-order valence-corrected chi connectivity index (χ4v) is 18.1. The topological polar surface area (TPSA) is 85.6 Å². The summed E-state index contributed by atoms with van der Waals surface area (Å²) in [5.74, 6) is 6.43. The molecular weight excluding hydrogens is 858 g/mol. The Morgan fingerprint density at radius 3 is 1.24 bits per heavy atom. The van der Waals surface area contributed by atoms with Crippen LogP contribution in [-0.2, 0) is 42.4 Å². The smallest absolute Gasteiger partial charge is 0.421 e. The average Bonchev–Trinajstić information content (AvgIpc) is 2.85. The minimum absolute atomic E-state index is 0. The van der Waals surface area contributed by atoms with E-state index in [1.165, 1.54) is 0 Å². The molecule has 0 atom stereocenters. The predicted molar refractivity (Wildman–Crippen MR) is 162 cm³/mol. The number of hydrogen-bond acceptors (Lipinski definition) is 5. The number of sulfonamides is 2. The summed E-state index contributed by atoms with van der Waals surface area (Å²) in [5.41, 5.74) is -10.8. The van der Waals surface area contributed by atoms with Crippen LogP contribution in [0.5, 0.6) is 0 Å². The van der Waals surface area contributed by atoms with Gasteiger partial charge in [0.1, 0.15) is 0 Å². The molecule has 1 aromatic rings. The monoisotopic (exact) mass is 898 g/mol. The van der Waals surface area contributed by atoms with Crippen molar-refractivity contribution >= 4 is 39.0 Å². The molecule has 0 spiro atoms. The van der Waals surface area contributed by atoms with Crippen molar-refractivity contribution in [2.24, 2.45) is 35.5 Å². The largest absolute Gasteiger partial charge is 1.00 e. The maximum atomic E-state index is 11.4. The van der Waals surface area contributed by atoms with E-state index in [2.05, 4.69) is 43.3 Å². The summed E-state index contributed by atoms with van der Waals surface area (Å²) >= 11 is 0. The Bertz CT molecular complexity index is 1360. The van der Waals surface area contributed by atoms with Gasteiger partial charge in [-0.15, -0.1) is 0 Å². The SMILES string of the molecule is CN(C)c1ccccc1P(C12CC3CC(CC(C3)C1)C2)C12CC3CC(CC(C3)C1)C2.O=S(=O)([N-]S(=O)(=O)C(F)(F)F)C(F)(F)F.[Au+]. The van der Waals surface area contributed by atoms with E-state index in [1.54, 1.807) is 82.7 Å². The Balaban J connectivity index is 0.000000225. The third-order valence-corrected chi connectivity index (χ3v) is 17.9. The fraction of sp³-hybridized carbons (Fsp3) is 0.800. The van der Waals surface area contributed by atoms with E-state index in [0.717, 1.165) is 39.6 Å². The van der Waals surface area contributed by atoms with Gasteiger partial charge in [-0.1, -0.05) is 26.1 Å². The molecule has 0 aliphatic heterocycles. The molecule has 0 unspecified atom stereocenters. The molecular formula is C30H40AuF6N2O4PS2. The minimum Gasteiger partial charge on any atom is -0.421 e. The molecule has 8 aliphatic rings. The Morgan fingerprint density at radius 2 is 0.957 bits per heavy atom. The van der Waals surface area contributed by atoms with Crippen LogP contribution in [0.3, 0.4) is 0 Å². The number of nitrogens with zero attached hydrogens (tertiary/aromatic N) is 2. The molecule has 264 valence electrons. The number of halogens is 6. The van der Waals surface area contributed by atoms with Crippen molar-refractivity contribution < 1.29 is 65.6 Å². The number of rotatable bonds is 6. The van der Waals surface area contributed by atoms with E-state index < -0.39 is 31.1 Å². The van der Waals surface area contributed by atoms with E-state index in [1.807, 2.05) is 5.30 Å². The summed E-state index contributed by atoms with van der Waals surface area (Å²) in [6.07, 6.45) is 19.0. The molecule has 0 radical (unpaired) electrons. The molecule has 8 fully saturated rings. The number of alkyl halides is 6. The second-order valence-corrected chi connectivity index (χ2v) is 21.4. The Morgan fingerprint density at radius 1 is 0.652 bits per heavy atom. The van der Waals surface area contributed by atoms with Crippen LogP contribution in [0.4, 0.5) is 32.0 Å². The van der Waals surface area contributed by atoms with Crippen molar-refractivity contribution in [3.05, 3.63) is 28.4 Å². The van der Waals surface area contributed by atoms with Crippen LogP contribution >= 0.6 is 7.92 Å². The zero-order chi connectivity index (χ0) is 32.8. The molecule has 0 heterocycles. The first kappa shape index (κ1) is 36.9. The van der Waals surface area contributed by atoms with Crippen molar-refractivity contribution in [3.8, 4) is 0 Å². The zero-order valence-corrected chi connectivity index (χ0v) is 30.3. The van der Waals surface area contributed by atoms with Gasteiger partial charge in [-0.2, -0.15) is 26.3 Å². The molecule has 8 saturated carbocycles. The van der Waals surface area contributed by atoms with Crippen LogP contribution < -0.4 is 10.2 Å². The fourth-order valence-electron chi connectivity index (χ4n) is 10.9. The Hall–Kier alpha value is -0.370. The third kappa shape index (κ3) is 6.72. The predicted octanol–water partition coefficient (Wildman–Crippen LogP) is 7.85. The molecule has 0 N–H and O–H groups in total. The van der Waals surface area contributed by atoms with Crippen molar-refractivity contribution in [2.75, 3.05) is 19.0 Å². The van der Waals surface area contributed by atoms with E-state index in [4.69, 9.17) is 0 Å². The van der Waals surface area contributed by atoms with Gasteiger partial charge in [0.15, 0.2) is 20.0 Å². The summed E-state index contributed by atoms with van der Waals surface area (Å²) in [7, 11) is -8.95. The third-order valence-electron chi connectivity index (χ3n) is 11.3. The molecule has 0 saturated heterocycles. The molecule has 8 aliphatic carbocycles. The van der Waals surface area contributed by atoms with E-state index in [9.17, 15) is 43.2 Å². The van der Waals surface area contributed by atoms with Gasteiger partial charge in [0.25, 0.3) is 0 Å². The van der Waals surface area contributed by atoms with Gasteiger partial charge in [-0.05, 0) is 129 Å². The van der Waals surface area contributed by atoms with Gasteiger partial charge in [0.2, 0.25) is 0 Å². The van der Waals surface area contributed by atoms with E-state index in [-0.39, 0.29) is 30.3 Å². The van der Waals surface area contributed by atoms with Gasteiger partial charge >= 0.3 is 33.4 Å². The Labute approximate surface area is 284 Å². The first-order valence-electron chi connectivity index (χ1n) is 15.7. The minimum atomic E-state index is -6.72. The zero-order valence-electron chi connectivity index (χ0n) is 25.6. The van der Waals surface area contributed by atoms with Gasteiger partial charge < -0.3 is 9.03 Å². The number of para-hydroxylation sites is 1. The summed E-state index contributed by atoms with van der Waals surface area (Å²) in [6, 6.07) is 9.74. The normalized spacial score (nSPS) is 36.9. The van der Waals surface area contributed by atoms with Crippen LogP contribution in [0.25, 0.3) is 4.13 Å². The molecule has 46 heavy (non-hydrogen) atoms. The van der Waals surface area contributed by atoms with E-state index in [0.29, 0.717) is 10.3 Å². The van der Waals surface area contributed by atoms with E-state index >= 15 is 0 Å². The molecule has 6 nitrogen and oxygen atoms in total. The van der Waals surface area contributed by atoms with Crippen molar-refractivity contribution in [1.29, 1.82) is 0 Å². The van der Waals surface area contributed by atoms with Gasteiger partial charge in [-0.3, -0.25) is 0 Å². The maximum Gasteiger partial charge on any atom is 1.00 e. The molecule has 1 aromatic carbocycles. The van der Waals surface area contributed by atoms with Crippen molar-refractivity contribution in [1.82, 2.24) is 0 Å². The first-order chi connectivity index (χ1) is 20.7. The number of hydrogen-bond donors (Lipinski definition) is 0. The standard InChI is InChI=1S/C28H40NP.C2F6NO4S2.Au/c1-29(2)25-5-3-4-6-26(25)30(27-13-19-7-20(14-27)9-21(8-19)15-27)28-16-22-10-23(17-28)12-24(11-22)18-28;3-1(4,5)14(10,11)9-15(12,13)2(6,7)8;/h3-6,19-24H,7-18H2,1-2H3;;/q;-1;+1. The first-order valence-corrected chi connectivity index (χ1v) is 19.9. The Kier molecular flexibility index (Phi) is 9.98. The van der Waals surface area contributed by atoms with Gasteiger partial charge in [0.05, 0.1) is 0 Å². The molecule has 0 aromatic heterocycles. The van der Waals surface area contributed by atoms with Crippen LogP contribution in [0, 0.1) is 35.5 Å². The summed E-state index contributed by atoms with van der Waals surface area (Å²) in [5, 5.41) is 3.19. The molecule has 9 rings (SSSR count). The number of benzene rings is 1. The quantitative estimate of drug-likeness (QED) is 0.165. The van der Waals surface area contributed by atoms with Gasteiger partial charge in [-0.25, -0.2) is 16.8 Å². The average molecular weight is 899 g/mol. The second kappa shape index (κ2) is 12.4. The molecule has 16 heteroatoms. The van der Waals surface area contributed by atoms with Crippen LogP contribution in [0.2, 0.25) is 0 Å². The van der Waals surface area contributed by atoms with Crippen LogP contribution in [0.1, 0.15) is 77.0 Å². The second-order valence-electron chi connectivity index (χ2n) is 14.9. The molecule has 8 bridgehead atoms. The maximum absolute atomic E-state index is 11.4. The summed E-state index contributed by atoms with van der Waals surface area (Å²) in [4.78, 5) is 2.45. The van der Waals surface area contributed by atoms with Crippen LogP contribution in [0.15, 0.2) is 24.3 Å². The number of anilines is 1. The molecule has 0 amide bonds. The summed E-state index contributed by atoms with van der Waals surface area (Å²) < 4.78 is 109. The summed E-state index contributed by atoms with van der Waals surface area (Å²) in [6.45, 7) is 0.